The first kappa shape index (κ1) is 12.0. The molecule has 0 N–H and O–H groups in total. The molecule has 3 aromatic rings. The number of nitrogens with zero attached hydrogens (tertiary/aromatic N) is 2. The zero-order valence-electron chi connectivity index (χ0n) is 10.1. The van der Waals surface area contributed by atoms with E-state index < -0.39 is 0 Å². The van der Waals surface area contributed by atoms with Gasteiger partial charge in [-0.3, -0.25) is 9.78 Å². The molecule has 0 aromatic carbocycles. The number of aromatic nitrogens is 2. The minimum absolute atomic E-state index is 0.0840. The first-order valence-corrected chi connectivity index (χ1v) is 6.46. The molecule has 19 heavy (non-hydrogen) atoms. The van der Waals surface area contributed by atoms with Gasteiger partial charge in [0.1, 0.15) is 10.4 Å². The molecule has 0 amide bonds. The summed E-state index contributed by atoms with van der Waals surface area (Å²) < 4.78 is 6.31. The molecule has 3 heterocycles. The summed E-state index contributed by atoms with van der Waals surface area (Å²) in [6.07, 6.45) is 3.31. The smallest absolute Gasteiger partial charge is 0.193 e. The second kappa shape index (κ2) is 4.59. The van der Waals surface area contributed by atoms with Crippen molar-refractivity contribution in [2.24, 2.45) is 0 Å². The summed E-state index contributed by atoms with van der Waals surface area (Å²) in [4.78, 5) is 20.3. The molecule has 0 bridgehead atoms. The van der Waals surface area contributed by atoms with Crippen LogP contribution in [0.3, 0.4) is 0 Å². The number of hydrogen-bond donors (Lipinski definition) is 0. The molecule has 0 atom stereocenters. The van der Waals surface area contributed by atoms with Crippen LogP contribution in [0.25, 0.3) is 22.3 Å². The van der Waals surface area contributed by atoms with Crippen molar-refractivity contribution in [3.05, 3.63) is 57.2 Å². The molecule has 0 aliphatic heterocycles. The van der Waals surface area contributed by atoms with Gasteiger partial charge in [0.05, 0.1) is 5.39 Å². The lowest BCUT2D eigenvalue weighted by Crippen LogP contribution is -2.02. The van der Waals surface area contributed by atoms with E-state index in [4.69, 9.17) is 4.42 Å². The second-order valence-corrected chi connectivity index (χ2v) is 4.89. The van der Waals surface area contributed by atoms with Crippen molar-refractivity contribution in [2.75, 3.05) is 0 Å². The van der Waals surface area contributed by atoms with E-state index in [9.17, 15) is 4.79 Å². The summed E-state index contributed by atoms with van der Waals surface area (Å²) in [6.45, 7) is 1.83. The standard InChI is InChI=1S/C14H9BrN2O2/c1-8-6-10-11(18)7-12(9-2-4-16-5-3-9)19-13(10)14(15)17-8/h2-7H,1H3. The quantitative estimate of drug-likeness (QED) is 0.646. The van der Waals surface area contributed by atoms with E-state index in [0.29, 0.717) is 21.3 Å². The van der Waals surface area contributed by atoms with E-state index in [1.165, 1.54) is 6.07 Å². The van der Waals surface area contributed by atoms with Crippen LogP contribution in [0.5, 0.6) is 0 Å². The molecule has 3 aromatic heterocycles. The highest BCUT2D eigenvalue weighted by atomic mass is 79.9. The third-order valence-electron chi connectivity index (χ3n) is 2.76. The second-order valence-electron chi connectivity index (χ2n) is 4.14. The fourth-order valence-corrected chi connectivity index (χ4v) is 2.47. The molecule has 94 valence electrons. The zero-order chi connectivity index (χ0) is 13.4. The third kappa shape index (κ3) is 2.17. The van der Waals surface area contributed by atoms with Gasteiger partial charge in [0, 0.05) is 29.7 Å². The molecule has 0 spiro atoms. The molecule has 0 aliphatic carbocycles. The Balaban J connectivity index is 2.34. The monoisotopic (exact) mass is 316 g/mol. The highest BCUT2D eigenvalue weighted by Crippen LogP contribution is 2.26. The highest BCUT2D eigenvalue weighted by Gasteiger charge is 2.11. The van der Waals surface area contributed by atoms with Gasteiger partial charge in [0.15, 0.2) is 11.0 Å². The van der Waals surface area contributed by atoms with Crippen molar-refractivity contribution in [3.63, 3.8) is 0 Å². The van der Waals surface area contributed by atoms with Crippen LogP contribution in [0, 0.1) is 6.92 Å². The SMILES string of the molecule is Cc1cc2c(=O)cc(-c3ccncc3)oc2c(Br)n1. The van der Waals surface area contributed by atoms with Gasteiger partial charge < -0.3 is 4.42 Å². The summed E-state index contributed by atoms with van der Waals surface area (Å²) in [5.74, 6) is 0.506. The fourth-order valence-electron chi connectivity index (χ4n) is 1.90. The van der Waals surface area contributed by atoms with Crippen LogP contribution in [0.15, 0.2) is 50.5 Å². The molecule has 0 radical (unpaired) electrons. The fraction of sp³-hybridized carbons (Fsp3) is 0.0714. The summed E-state index contributed by atoms with van der Waals surface area (Å²) in [5, 5.41) is 0.525. The first-order valence-electron chi connectivity index (χ1n) is 5.66. The van der Waals surface area contributed by atoms with Crippen molar-refractivity contribution in [1.82, 2.24) is 9.97 Å². The number of aryl methyl sites for hydroxylation is 1. The average molecular weight is 317 g/mol. The minimum Gasteiger partial charge on any atom is -0.453 e. The average Bonchev–Trinajstić information content (AvgIpc) is 2.41. The van der Waals surface area contributed by atoms with Crippen molar-refractivity contribution in [3.8, 4) is 11.3 Å². The normalized spacial score (nSPS) is 10.8. The van der Waals surface area contributed by atoms with Crippen molar-refractivity contribution in [2.45, 2.75) is 6.92 Å². The zero-order valence-corrected chi connectivity index (χ0v) is 11.6. The summed E-state index contributed by atoms with van der Waals surface area (Å²) in [5.41, 5.74) is 1.95. The number of halogens is 1. The summed E-state index contributed by atoms with van der Waals surface area (Å²) >= 11 is 3.33. The Bertz CT molecular complexity index is 813. The molecule has 3 rings (SSSR count). The lowest BCUT2D eigenvalue weighted by molar-refractivity contribution is 0.614. The van der Waals surface area contributed by atoms with Crippen LogP contribution in [-0.2, 0) is 0 Å². The molecule has 0 fully saturated rings. The van der Waals surface area contributed by atoms with Gasteiger partial charge in [-0.1, -0.05) is 0 Å². The van der Waals surface area contributed by atoms with Gasteiger partial charge in [0.25, 0.3) is 0 Å². The highest BCUT2D eigenvalue weighted by molar-refractivity contribution is 9.10. The topological polar surface area (TPSA) is 56.0 Å². The number of fused-ring (bicyclic) bond motifs is 1. The Hall–Kier alpha value is -2.01. The summed E-state index contributed by atoms with van der Waals surface area (Å²) in [7, 11) is 0. The lowest BCUT2D eigenvalue weighted by atomic mass is 10.1. The maximum absolute atomic E-state index is 12.2. The molecule has 5 heteroatoms. The lowest BCUT2D eigenvalue weighted by Gasteiger charge is -2.04. The van der Waals surface area contributed by atoms with Crippen LogP contribution in [-0.4, -0.2) is 9.97 Å². The van der Waals surface area contributed by atoms with Gasteiger partial charge in [-0.15, -0.1) is 0 Å². The Morgan fingerprint density at radius 1 is 1.21 bits per heavy atom. The molecule has 0 saturated heterocycles. The van der Waals surface area contributed by atoms with Gasteiger partial charge in [-0.2, -0.15) is 0 Å². The van der Waals surface area contributed by atoms with Gasteiger partial charge in [0.2, 0.25) is 0 Å². The largest absolute Gasteiger partial charge is 0.453 e. The Labute approximate surface area is 117 Å². The predicted molar refractivity (Wildman–Crippen MR) is 75.9 cm³/mol. The van der Waals surface area contributed by atoms with E-state index in [2.05, 4.69) is 25.9 Å². The van der Waals surface area contributed by atoms with E-state index in [1.54, 1.807) is 30.6 Å². The Morgan fingerprint density at radius 3 is 2.68 bits per heavy atom. The Morgan fingerprint density at radius 2 is 1.95 bits per heavy atom. The van der Waals surface area contributed by atoms with E-state index in [1.807, 2.05) is 6.92 Å². The maximum atomic E-state index is 12.2. The maximum Gasteiger partial charge on any atom is 0.193 e. The van der Waals surface area contributed by atoms with Gasteiger partial charge in [-0.05, 0) is 41.1 Å². The van der Waals surface area contributed by atoms with Crippen LogP contribution >= 0.6 is 15.9 Å². The Kier molecular flexibility index (Phi) is 2.91. The van der Waals surface area contributed by atoms with Crippen molar-refractivity contribution < 1.29 is 4.42 Å². The molecular formula is C14H9BrN2O2. The molecule has 0 aliphatic rings. The molecular weight excluding hydrogens is 308 g/mol. The molecule has 0 unspecified atom stereocenters. The van der Waals surface area contributed by atoms with Crippen molar-refractivity contribution in [1.29, 1.82) is 0 Å². The number of rotatable bonds is 1. The minimum atomic E-state index is -0.0840. The van der Waals surface area contributed by atoms with Crippen LogP contribution in [0.1, 0.15) is 5.69 Å². The summed E-state index contributed by atoms with van der Waals surface area (Å²) in [6, 6.07) is 6.80. The van der Waals surface area contributed by atoms with E-state index >= 15 is 0 Å². The number of pyridine rings is 2. The first-order chi connectivity index (χ1) is 9.15. The van der Waals surface area contributed by atoms with Gasteiger partial charge in [-0.25, -0.2) is 4.98 Å². The van der Waals surface area contributed by atoms with Crippen LogP contribution in [0.4, 0.5) is 0 Å². The molecule has 0 saturated carbocycles. The van der Waals surface area contributed by atoms with Crippen LogP contribution in [0.2, 0.25) is 0 Å². The molecule has 4 nitrogen and oxygen atoms in total. The van der Waals surface area contributed by atoms with Crippen LogP contribution < -0.4 is 5.43 Å². The number of hydrogen-bond acceptors (Lipinski definition) is 4. The third-order valence-corrected chi connectivity index (χ3v) is 3.30. The van der Waals surface area contributed by atoms with Gasteiger partial charge >= 0.3 is 0 Å². The predicted octanol–water partition coefficient (Wildman–Crippen LogP) is 3.32. The van der Waals surface area contributed by atoms with Crippen molar-refractivity contribution >= 4 is 26.9 Å². The van der Waals surface area contributed by atoms with E-state index in [-0.39, 0.29) is 5.43 Å². The van der Waals surface area contributed by atoms with E-state index in [0.717, 1.165) is 11.3 Å².